The largest absolute Gasteiger partial charge is 0.490 e. The molecule has 2 aliphatic rings. The lowest BCUT2D eigenvalue weighted by molar-refractivity contribution is -0.138. The molecule has 6 rings (SSSR count). The van der Waals surface area contributed by atoms with Crippen LogP contribution in [0.25, 0.3) is 22.2 Å². The molecule has 0 atom stereocenters. The lowest BCUT2D eigenvalue weighted by atomic mass is 9.77. The van der Waals surface area contributed by atoms with Crippen LogP contribution in [0, 0.1) is 5.92 Å². The Kier molecular flexibility index (Phi) is 5.64. The molecular weight excluding hydrogens is 440 g/mol. The van der Waals surface area contributed by atoms with E-state index in [2.05, 4.69) is 52.3 Å². The Labute approximate surface area is 204 Å². The monoisotopic (exact) mass is 468 g/mol. The van der Waals surface area contributed by atoms with Crippen LogP contribution < -0.4 is 9.64 Å². The van der Waals surface area contributed by atoms with Crippen molar-refractivity contribution in [3.05, 3.63) is 72.3 Å². The summed E-state index contributed by atoms with van der Waals surface area (Å²) in [5, 5.41) is 9.04. The summed E-state index contributed by atoms with van der Waals surface area (Å²) >= 11 is 0. The van der Waals surface area contributed by atoms with E-state index < -0.39 is 5.97 Å². The second kappa shape index (κ2) is 9.10. The van der Waals surface area contributed by atoms with Gasteiger partial charge in [-0.2, -0.15) is 4.98 Å². The van der Waals surface area contributed by atoms with Crippen molar-refractivity contribution in [3.63, 3.8) is 0 Å². The van der Waals surface area contributed by atoms with Crippen molar-refractivity contribution in [1.82, 2.24) is 4.98 Å². The molecule has 0 spiro atoms. The second-order valence-corrected chi connectivity index (χ2v) is 9.58. The number of carboxylic acid groups (broad SMARTS) is 1. The van der Waals surface area contributed by atoms with E-state index in [4.69, 9.17) is 14.3 Å². The van der Waals surface area contributed by atoms with Crippen LogP contribution in [0.5, 0.6) is 5.75 Å². The number of ether oxygens (including phenoxy) is 1. The van der Waals surface area contributed by atoms with Gasteiger partial charge in [-0.05, 0) is 78.5 Å². The number of hydrogen-bond donors (Lipinski definition) is 1. The topological polar surface area (TPSA) is 75.8 Å². The number of aromatic nitrogens is 1. The first-order valence-corrected chi connectivity index (χ1v) is 12.4. The highest BCUT2D eigenvalue weighted by atomic mass is 16.5. The van der Waals surface area contributed by atoms with Gasteiger partial charge in [0.25, 0.3) is 0 Å². The van der Waals surface area contributed by atoms with E-state index >= 15 is 0 Å². The summed E-state index contributed by atoms with van der Waals surface area (Å²) in [5.41, 5.74) is 6.20. The number of aliphatic carboxylic acids is 1. The molecule has 178 valence electrons. The molecule has 3 aromatic carbocycles. The lowest BCUT2D eigenvalue weighted by Gasteiger charge is -2.29. The molecule has 4 aromatic rings. The van der Waals surface area contributed by atoms with E-state index in [1.807, 2.05) is 24.3 Å². The Bertz CT molecular complexity index is 1320. The maximum absolute atomic E-state index is 11.0. The molecule has 1 aliphatic heterocycles. The number of anilines is 2. The Balaban J connectivity index is 1.19. The number of rotatable bonds is 5. The van der Waals surface area contributed by atoms with Gasteiger partial charge in [0.2, 0.25) is 0 Å². The quantitative estimate of drug-likeness (QED) is 0.348. The number of benzene rings is 3. The van der Waals surface area contributed by atoms with E-state index in [1.54, 1.807) is 0 Å². The number of hydrogen-bond acceptors (Lipinski definition) is 5. The summed E-state index contributed by atoms with van der Waals surface area (Å²) < 4.78 is 12.0. The number of nitrogens with zero attached hydrogens (tertiary/aromatic N) is 2. The van der Waals surface area contributed by atoms with Crippen LogP contribution in [-0.4, -0.2) is 29.2 Å². The highest BCUT2D eigenvalue weighted by Gasteiger charge is 2.25. The fraction of sp³-hybridized carbons (Fsp3) is 0.310. The normalized spacial score (nSPS) is 19.8. The predicted molar refractivity (Wildman–Crippen MR) is 135 cm³/mol. The molecule has 0 unspecified atom stereocenters. The summed E-state index contributed by atoms with van der Waals surface area (Å²) in [6, 6.07) is 23.5. The molecule has 0 amide bonds. The molecule has 0 saturated heterocycles. The maximum atomic E-state index is 11.0. The zero-order valence-corrected chi connectivity index (χ0v) is 19.5. The van der Waals surface area contributed by atoms with Gasteiger partial charge in [0.1, 0.15) is 17.9 Å². The Morgan fingerprint density at radius 2 is 1.74 bits per heavy atom. The summed E-state index contributed by atoms with van der Waals surface area (Å²) in [6.07, 6.45) is 4.43. The highest BCUT2D eigenvalue weighted by Crippen LogP contribution is 2.41. The zero-order valence-electron chi connectivity index (χ0n) is 19.5. The van der Waals surface area contributed by atoms with Crippen molar-refractivity contribution in [1.29, 1.82) is 0 Å². The molecule has 1 N–H and O–H groups in total. The molecule has 35 heavy (non-hydrogen) atoms. The van der Waals surface area contributed by atoms with Gasteiger partial charge >= 0.3 is 12.0 Å². The van der Waals surface area contributed by atoms with Crippen molar-refractivity contribution in [2.24, 2.45) is 5.92 Å². The number of carbonyl (C=O) groups is 1. The van der Waals surface area contributed by atoms with Gasteiger partial charge in [-0.1, -0.05) is 42.5 Å². The SMILES string of the molecule is O=C(O)CC1CCC(c2ccc(-c3ccc4c(c3)OCCN4c3nc4ccccc4o3)cc2)CC1. The van der Waals surface area contributed by atoms with Crippen LogP contribution >= 0.6 is 0 Å². The van der Waals surface area contributed by atoms with Crippen LogP contribution in [0.3, 0.4) is 0 Å². The van der Waals surface area contributed by atoms with E-state index in [9.17, 15) is 4.79 Å². The molecular formula is C29H28N2O4. The Hall–Kier alpha value is -3.80. The maximum Gasteiger partial charge on any atom is 0.303 e. The lowest BCUT2D eigenvalue weighted by Crippen LogP contribution is -2.28. The minimum absolute atomic E-state index is 0.301. The number of oxazole rings is 1. The van der Waals surface area contributed by atoms with Crippen LogP contribution in [-0.2, 0) is 4.79 Å². The van der Waals surface area contributed by atoms with E-state index in [0.717, 1.165) is 59.3 Å². The van der Waals surface area contributed by atoms with Crippen molar-refractivity contribution < 1.29 is 19.1 Å². The average molecular weight is 469 g/mol. The van der Waals surface area contributed by atoms with E-state index in [-0.39, 0.29) is 0 Å². The first kappa shape index (κ1) is 21.7. The first-order valence-electron chi connectivity index (χ1n) is 12.4. The number of para-hydroxylation sites is 2. The van der Waals surface area contributed by atoms with E-state index in [1.165, 1.54) is 5.56 Å². The van der Waals surface area contributed by atoms with Gasteiger partial charge in [-0.25, -0.2) is 0 Å². The van der Waals surface area contributed by atoms with Crippen molar-refractivity contribution in [3.8, 4) is 16.9 Å². The van der Waals surface area contributed by atoms with Gasteiger partial charge in [0, 0.05) is 6.42 Å². The van der Waals surface area contributed by atoms with Gasteiger partial charge in [0.15, 0.2) is 5.58 Å². The van der Waals surface area contributed by atoms with Gasteiger partial charge in [0.05, 0.1) is 12.2 Å². The highest BCUT2D eigenvalue weighted by molar-refractivity contribution is 5.78. The van der Waals surface area contributed by atoms with Crippen LogP contribution in [0.1, 0.15) is 43.6 Å². The summed E-state index contributed by atoms with van der Waals surface area (Å²) in [7, 11) is 0. The van der Waals surface area contributed by atoms with Gasteiger partial charge in [-0.3, -0.25) is 9.69 Å². The molecule has 0 radical (unpaired) electrons. The van der Waals surface area contributed by atoms with Crippen molar-refractivity contribution >= 4 is 28.8 Å². The third kappa shape index (κ3) is 4.36. The molecule has 1 aromatic heterocycles. The van der Waals surface area contributed by atoms with Crippen LogP contribution in [0.2, 0.25) is 0 Å². The predicted octanol–water partition coefficient (Wildman–Crippen LogP) is 6.77. The van der Waals surface area contributed by atoms with Crippen LogP contribution in [0.4, 0.5) is 11.7 Å². The molecule has 6 heteroatoms. The summed E-state index contributed by atoms with van der Waals surface area (Å²) in [6.45, 7) is 1.25. The molecule has 1 aliphatic carbocycles. The fourth-order valence-corrected chi connectivity index (χ4v) is 5.47. The van der Waals surface area contributed by atoms with E-state index in [0.29, 0.717) is 37.4 Å². The minimum Gasteiger partial charge on any atom is -0.490 e. The fourth-order valence-electron chi connectivity index (χ4n) is 5.47. The smallest absolute Gasteiger partial charge is 0.303 e. The molecule has 2 heterocycles. The van der Waals surface area contributed by atoms with Crippen molar-refractivity contribution in [2.45, 2.75) is 38.0 Å². The summed E-state index contributed by atoms with van der Waals surface area (Å²) in [5.74, 6) is 0.999. The molecule has 0 bridgehead atoms. The van der Waals surface area contributed by atoms with Crippen LogP contribution in [0.15, 0.2) is 71.1 Å². The third-order valence-corrected chi connectivity index (χ3v) is 7.36. The molecule has 6 nitrogen and oxygen atoms in total. The molecule has 1 fully saturated rings. The Morgan fingerprint density at radius 3 is 2.51 bits per heavy atom. The van der Waals surface area contributed by atoms with Crippen molar-refractivity contribution in [2.75, 3.05) is 18.1 Å². The summed E-state index contributed by atoms with van der Waals surface area (Å²) in [4.78, 5) is 17.7. The number of fused-ring (bicyclic) bond motifs is 2. The third-order valence-electron chi connectivity index (χ3n) is 7.36. The standard InChI is InChI=1S/C29H28N2O4/c32-28(33)17-19-5-7-20(8-6-19)21-9-11-22(12-10-21)23-13-14-25-27(18-23)34-16-15-31(25)29-30-24-3-1-2-4-26(24)35-29/h1-4,9-14,18-20H,5-8,15-17H2,(H,32,33). The first-order chi connectivity index (χ1) is 17.1. The molecule has 1 saturated carbocycles. The zero-order chi connectivity index (χ0) is 23.8. The average Bonchev–Trinajstić information content (AvgIpc) is 3.32. The van der Waals surface area contributed by atoms with Gasteiger partial charge < -0.3 is 14.3 Å². The Morgan fingerprint density at radius 1 is 0.971 bits per heavy atom. The van der Waals surface area contributed by atoms with Gasteiger partial charge in [-0.15, -0.1) is 0 Å². The minimum atomic E-state index is -0.677. The number of carboxylic acids is 1. The second-order valence-electron chi connectivity index (χ2n) is 9.58.